The van der Waals surface area contributed by atoms with Crippen LogP contribution in [-0.2, 0) is 12.7 Å². The summed E-state index contributed by atoms with van der Waals surface area (Å²) in [5.74, 6) is 0. The molecule has 0 saturated heterocycles. The van der Waals surface area contributed by atoms with Crippen LogP contribution in [0.25, 0.3) is 0 Å². The Bertz CT molecular complexity index is 627. The van der Waals surface area contributed by atoms with Crippen LogP contribution in [0.2, 0.25) is 5.15 Å². The molecular formula is C13H13ClF3N3O. The molecule has 0 spiro atoms. The zero-order chi connectivity index (χ0) is 15.6. The normalized spacial score (nSPS) is 13.4. The first-order valence-electron chi connectivity index (χ1n) is 6.28. The molecule has 0 aromatic carbocycles. The van der Waals surface area contributed by atoms with Crippen LogP contribution < -0.4 is 0 Å². The minimum atomic E-state index is -4.57. The minimum absolute atomic E-state index is 0.113. The molecule has 1 N–H and O–H groups in total. The van der Waals surface area contributed by atoms with Crippen molar-refractivity contribution in [1.29, 1.82) is 0 Å². The van der Waals surface area contributed by atoms with Crippen molar-refractivity contribution >= 4 is 11.6 Å². The quantitative estimate of drug-likeness (QED) is 0.878. The molecule has 114 valence electrons. The molecule has 2 aromatic rings. The molecular weight excluding hydrogens is 307 g/mol. The number of rotatable bonds is 4. The highest BCUT2D eigenvalue weighted by molar-refractivity contribution is 6.30. The lowest BCUT2D eigenvalue weighted by molar-refractivity contribution is -0.141. The van der Waals surface area contributed by atoms with E-state index in [1.165, 1.54) is 6.20 Å². The van der Waals surface area contributed by atoms with Crippen LogP contribution in [-0.4, -0.2) is 19.9 Å². The Hall–Kier alpha value is -1.60. The van der Waals surface area contributed by atoms with E-state index in [1.807, 2.05) is 6.92 Å². The van der Waals surface area contributed by atoms with Gasteiger partial charge in [0, 0.05) is 18.3 Å². The lowest BCUT2D eigenvalue weighted by atomic mass is 10.1. The third-order valence-electron chi connectivity index (χ3n) is 2.93. The molecule has 0 aliphatic carbocycles. The summed E-state index contributed by atoms with van der Waals surface area (Å²) in [6.07, 6.45) is -3.43. The molecule has 2 rings (SSSR count). The van der Waals surface area contributed by atoms with E-state index in [4.69, 9.17) is 11.6 Å². The van der Waals surface area contributed by atoms with Crippen molar-refractivity contribution < 1.29 is 18.3 Å². The summed E-state index contributed by atoms with van der Waals surface area (Å²) in [6, 6.07) is 3.52. The van der Waals surface area contributed by atoms with Crippen LogP contribution in [0, 0.1) is 0 Å². The standard InChI is InChI=1S/C13H13ClF3N3O/c1-2-7-20-9(5-6-18-20)11(21)8-3-4-10(13(15,16)17)19-12(8)14/h3-6,11,21H,2,7H2,1H3. The van der Waals surface area contributed by atoms with E-state index >= 15 is 0 Å². The number of hydrogen-bond donors (Lipinski definition) is 1. The van der Waals surface area contributed by atoms with Gasteiger partial charge in [-0.1, -0.05) is 24.6 Å². The summed E-state index contributed by atoms with van der Waals surface area (Å²) in [5.41, 5.74) is -0.520. The van der Waals surface area contributed by atoms with Crippen molar-refractivity contribution in [2.75, 3.05) is 0 Å². The molecule has 8 heteroatoms. The van der Waals surface area contributed by atoms with E-state index in [9.17, 15) is 18.3 Å². The fourth-order valence-electron chi connectivity index (χ4n) is 1.94. The van der Waals surface area contributed by atoms with Gasteiger partial charge in [0.15, 0.2) is 0 Å². The molecule has 0 amide bonds. The fourth-order valence-corrected chi connectivity index (χ4v) is 2.20. The Morgan fingerprint density at radius 1 is 1.33 bits per heavy atom. The average molecular weight is 320 g/mol. The van der Waals surface area contributed by atoms with Gasteiger partial charge in [0.2, 0.25) is 0 Å². The maximum absolute atomic E-state index is 12.5. The van der Waals surface area contributed by atoms with Gasteiger partial charge in [0.25, 0.3) is 0 Å². The van der Waals surface area contributed by atoms with E-state index in [1.54, 1.807) is 10.7 Å². The maximum atomic E-state index is 12.5. The number of aromatic nitrogens is 3. The lowest BCUT2D eigenvalue weighted by Crippen LogP contribution is -2.13. The summed E-state index contributed by atoms with van der Waals surface area (Å²) in [6.45, 7) is 2.54. The Morgan fingerprint density at radius 3 is 2.62 bits per heavy atom. The number of nitrogens with zero attached hydrogens (tertiary/aromatic N) is 3. The SMILES string of the molecule is CCCn1nccc1C(O)c1ccc(C(F)(F)F)nc1Cl. The smallest absolute Gasteiger partial charge is 0.382 e. The Labute approximate surface area is 124 Å². The zero-order valence-corrected chi connectivity index (χ0v) is 11.9. The molecule has 0 radical (unpaired) electrons. The van der Waals surface area contributed by atoms with Crippen LogP contribution in [0.15, 0.2) is 24.4 Å². The number of alkyl halides is 3. The van der Waals surface area contributed by atoms with Crippen molar-refractivity contribution in [2.45, 2.75) is 32.2 Å². The summed E-state index contributed by atoms with van der Waals surface area (Å²) < 4.78 is 39.2. The van der Waals surface area contributed by atoms with Crippen molar-refractivity contribution in [3.63, 3.8) is 0 Å². The monoisotopic (exact) mass is 319 g/mol. The highest BCUT2D eigenvalue weighted by Gasteiger charge is 2.33. The van der Waals surface area contributed by atoms with E-state index in [0.717, 1.165) is 18.6 Å². The predicted molar refractivity (Wildman–Crippen MR) is 70.8 cm³/mol. The number of aliphatic hydroxyl groups is 1. The van der Waals surface area contributed by atoms with Crippen molar-refractivity contribution in [3.8, 4) is 0 Å². The summed E-state index contributed by atoms with van der Waals surface area (Å²) in [4.78, 5) is 3.30. The number of aliphatic hydroxyl groups excluding tert-OH is 1. The highest BCUT2D eigenvalue weighted by atomic mass is 35.5. The first-order valence-corrected chi connectivity index (χ1v) is 6.65. The van der Waals surface area contributed by atoms with Gasteiger partial charge in [-0.15, -0.1) is 0 Å². The predicted octanol–water partition coefficient (Wildman–Crippen LogP) is 3.44. The third-order valence-corrected chi connectivity index (χ3v) is 3.23. The Balaban J connectivity index is 2.35. The zero-order valence-electron chi connectivity index (χ0n) is 11.1. The second-order valence-corrected chi connectivity index (χ2v) is 4.81. The molecule has 0 bridgehead atoms. The molecule has 21 heavy (non-hydrogen) atoms. The largest absolute Gasteiger partial charge is 0.433 e. The van der Waals surface area contributed by atoms with Crippen LogP contribution in [0.1, 0.15) is 36.4 Å². The number of halogens is 4. The summed E-state index contributed by atoms with van der Waals surface area (Å²) in [5, 5.41) is 14.0. The molecule has 2 aromatic heterocycles. The maximum Gasteiger partial charge on any atom is 0.433 e. The first kappa shape index (κ1) is 15.8. The molecule has 0 aliphatic rings. The average Bonchev–Trinajstić information content (AvgIpc) is 2.85. The summed E-state index contributed by atoms with van der Waals surface area (Å²) >= 11 is 5.78. The van der Waals surface area contributed by atoms with Gasteiger partial charge < -0.3 is 5.11 Å². The van der Waals surface area contributed by atoms with Gasteiger partial charge in [-0.2, -0.15) is 18.3 Å². The number of pyridine rings is 1. The van der Waals surface area contributed by atoms with Gasteiger partial charge in [-0.05, 0) is 18.6 Å². The molecule has 0 fully saturated rings. The number of hydrogen-bond acceptors (Lipinski definition) is 3. The molecule has 4 nitrogen and oxygen atoms in total. The molecule has 0 aliphatic heterocycles. The van der Waals surface area contributed by atoms with E-state index in [2.05, 4.69) is 10.1 Å². The summed E-state index contributed by atoms with van der Waals surface area (Å²) in [7, 11) is 0. The van der Waals surface area contributed by atoms with Crippen LogP contribution >= 0.6 is 11.6 Å². The van der Waals surface area contributed by atoms with E-state index in [0.29, 0.717) is 12.2 Å². The van der Waals surface area contributed by atoms with Crippen molar-refractivity contribution in [2.24, 2.45) is 0 Å². The van der Waals surface area contributed by atoms with Crippen LogP contribution in [0.3, 0.4) is 0 Å². The lowest BCUT2D eigenvalue weighted by Gasteiger charge is -2.15. The molecule has 1 unspecified atom stereocenters. The number of aryl methyl sites for hydroxylation is 1. The van der Waals surface area contributed by atoms with Crippen LogP contribution in [0.5, 0.6) is 0 Å². The van der Waals surface area contributed by atoms with Crippen molar-refractivity contribution in [1.82, 2.24) is 14.8 Å². The third kappa shape index (κ3) is 3.36. The Morgan fingerprint density at radius 2 is 2.05 bits per heavy atom. The van der Waals surface area contributed by atoms with Gasteiger partial charge in [0.05, 0.1) is 5.69 Å². The Kier molecular flexibility index (Phi) is 4.53. The highest BCUT2D eigenvalue weighted by Crippen LogP contribution is 2.32. The van der Waals surface area contributed by atoms with E-state index < -0.39 is 18.0 Å². The van der Waals surface area contributed by atoms with Crippen LogP contribution in [0.4, 0.5) is 13.2 Å². The molecule has 2 heterocycles. The first-order chi connectivity index (χ1) is 9.84. The minimum Gasteiger partial charge on any atom is -0.382 e. The van der Waals surface area contributed by atoms with Gasteiger partial charge in [-0.25, -0.2) is 4.98 Å². The molecule has 0 saturated carbocycles. The fraction of sp³-hybridized carbons (Fsp3) is 0.385. The van der Waals surface area contributed by atoms with Gasteiger partial charge in [0.1, 0.15) is 17.0 Å². The van der Waals surface area contributed by atoms with Crippen molar-refractivity contribution in [3.05, 3.63) is 46.5 Å². The topological polar surface area (TPSA) is 50.9 Å². The second-order valence-electron chi connectivity index (χ2n) is 4.46. The van der Waals surface area contributed by atoms with Gasteiger partial charge >= 0.3 is 6.18 Å². The molecule has 1 atom stereocenters. The van der Waals surface area contributed by atoms with Gasteiger partial charge in [-0.3, -0.25) is 4.68 Å². The van der Waals surface area contributed by atoms with E-state index in [-0.39, 0.29) is 10.7 Å². The second kappa shape index (κ2) is 6.03.